The van der Waals surface area contributed by atoms with Gasteiger partial charge in [-0.15, -0.1) is 10.2 Å². The van der Waals surface area contributed by atoms with E-state index in [1.165, 1.54) is 0 Å². The van der Waals surface area contributed by atoms with Crippen LogP contribution in [-0.2, 0) is 19.5 Å². The average molecular weight is 437 g/mol. The summed E-state index contributed by atoms with van der Waals surface area (Å²) in [7, 11) is 0. The Bertz CT molecular complexity index is 1210. The highest BCUT2D eigenvalue weighted by molar-refractivity contribution is 6.30. The van der Waals surface area contributed by atoms with Gasteiger partial charge >= 0.3 is 5.69 Å². The molecule has 31 heavy (non-hydrogen) atoms. The molecule has 0 unspecified atom stereocenters. The summed E-state index contributed by atoms with van der Waals surface area (Å²) in [5, 5.41) is 14.9. The van der Waals surface area contributed by atoms with Gasteiger partial charge in [-0.1, -0.05) is 73.5 Å². The third kappa shape index (κ3) is 4.18. The number of tetrazole rings is 1. The van der Waals surface area contributed by atoms with Crippen molar-refractivity contribution in [1.82, 2.24) is 29.8 Å². The molecule has 0 atom stereocenters. The topological polar surface area (TPSA) is 81.4 Å². The van der Waals surface area contributed by atoms with Crippen LogP contribution >= 0.6 is 11.6 Å². The predicted octanol–water partition coefficient (Wildman–Crippen LogP) is 4.56. The van der Waals surface area contributed by atoms with Crippen molar-refractivity contribution >= 4 is 11.6 Å². The normalized spacial score (nSPS) is 11.2. The summed E-state index contributed by atoms with van der Waals surface area (Å²) in [5.74, 6) is 0.558. The summed E-state index contributed by atoms with van der Waals surface area (Å²) in [6.07, 6.45) is 2.85. The van der Waals surface area contributed by atoms with Crippen molar-refractivity contribution in [2.24, 2.45) is 0 Å². The highest BCUT2D eigenvalue weighted by Crippen LogP contribution is 2.30. The third-order valence-corrected chi connectivity index (χ3v) is 5.89. The number of aromatic nitrogens is 6. The zero-order chi connectivity index (χ0) is 21.8. The van der Waals surface area contributed by atoms with E-state index in [0.29, 0.717) is 24.1 Å². The first kappa shape index (κ1) is 21.1. The van der Waals surface area contributed by atoms with Crippen LogP contribution in [0.3, 0.4) is 0 Å². The molecule has 7 nitrogen and oxygen atoms in total. The molecule has 0 aliphatic heterocycles. The van der Waals surface area contributed by atoms with Crippen molar-refractivity contribution in [3.8, 4) is 22.5 Å². The van der Waals surface area contributed by atoms with Crippen molar-refractivity contribution in [2.45, 2.75) is 46.2 Å². The zero-order valence-electron chi connectivity index (χ0n) is 17.7. The second-order valence-electron chi connectivity index (χ2n) is 7.43. The molecule has 0 aliphatic rings. The predicted molar refractivity (Wildman–Crippen MR) is 122 cm³/mol. The van der Waals surface area contributed by atoms with Crippen LogP contribution in [0.15, 0.2) is 53.3 Å². The van der Waals surface area contributed by atoms with Gasteiger partial charge in [0.2, 0.25) is 5.82 Å². The number of rotatable bonds is 8. The Labute approximate surface area is 185 Å². The summed E-state index contributed by atoms with van der Waals surface area (Å²) in [6, 6.07) is 16.2. The van der Waals surface area contributed by atoms with Crippen LogP contribution in [-0.4, -0.2) is 29.8 Å². The van der Waals surface area contributed by atoms with Gasteiger partial charge in [-0.05, 0) is 41.7 Å². The summed E-state index contributed by atoms with van der Waals surface area (Å²) >= 11 is 6.53. The lowest BCUT2D eigenvalue weighted by atomic mass is 9.98. The van der Waals surface area contributed by atoms with Crippen LogP contribution in [0.4, 0.5) is 0 Å². The van der Waals surface area contributed by atoms with E-state index in [9.17, 15) is 4.79 Å². The molecule has 0 spiro atoms. The molecule has 160 valence electrons. The largest absolute Gasteiger partial charge is 0.329 e. The molecule has 0 aliphatic carbocycles. The minimum Gasteiger partial charge on any atom is -0.290 e. The Morgan fingerprint density at radius 1 is 1.00 bits per heavy atom. The molecule has 8 heteroatoms. The van der Waals surface area contributed by atoms with Crippen molar-refractivity contribution < 1.29 is 0 Å². The van der Waals surface area contributed by atoms with Crippen LogP contribution in [0.1, 0.15) is 37.9 Å². The van der Waals surface area contributed by atoms with Crippen LogP contribution in [0.5, 0.6) is 0 Å². The molecule has 4 aromatic rings. The van der Waals surface area contributed by atoms with Gasteiger partial charge in [-0.2, -0.15) is 5.21 Å². The second-order valence-corrected chi connectivity index (χ2v) is 7.79. The third-order valence-electron chi connectivity index (χ3n) is 5.47. The molecule has 0 bridgehead atoms. The van der Waals surface area contributed by atoms with Crippen molar-refractivity contribution in [2.75, 3.05) is 0 Å². The van der Waals surface area contributed by atoms with Gasteiger partial charge in [-0.25, -0.2) is 4.79 Å². The lowest BCUT2D eigenvalue weighted by Gasteiger charge is -2.10. The van der Waals surface area contributed by atoms with E-state index in [2.05, 4.69) is 51.8 Å². The van der Waals surface area contributed by atoms with Crippen molar-refractivity contribution in [3.05, 3.63) is 75.4 Å². The minimum atomic E-state index is -0.0508. The number of hydrogen-bond acceptors (Lipinski definition) is 4. The number of nitrogens with zero attached hydrogens (tertiary/aromatic N) is 5. The Kier molecular flexibility index (Phi) is 6.32. The average Bonchev–Trinajstić information content (AvgIpc) is 3.41. The number of halogens is 1. The van der Waals surface area contributed by atoms with Gasteiger partial charge < -0.3 is 0 Å². The van der Waals surface area contributed by atoms with Gasteiger partial charge in [0.05, 0.1) is 12.2 Å². The molecule has 0 radical (unpaired) electrons. The van der Waals surface area contributed by atoms with Gasteiger partial charge in [0.15, 0.2) is 0 Å². The molecule has 0 saturated heterocycles. The van der Waals surface area contributed by atoms with Gasteiger partial charge in [-0.3, -0.25) is 9.13 Å². The van der Waals surface area contributed by atoms with Crippen LogP contribution in [0.2, 0.25) is 5.15 Å². The standard InChI is InChI=1S/C23H25ClN6O/c1-3-5-10-20-21(24)29(4-2)23(31)30(20)15-16-11-13-17(14-12-16)18-8-6-7-9-19(18)22-25-27-28-26-22/h6-9,11-14H,3-5,10,15H2,1-2H3,(H,25,26,27,28). The Morgan fingerprint density at radius 3 is 2.39 bits per heavy atom. The van der Waals surface area contributed by atoms with Crippen LogP contribution in [0.25, 0.3) is 22.5 Å². The highest BCUT2D eigenvalue weighted by Gasteiger charge is 2.17. The van der Waals surface area contributed by atoms with Crippen molar-refractivity contribution in [3.63, 3.8) is 0 Å². The molecule has 0 fully saturated rings. The van der Waals surface area contributed by atoms with E-state index in [0.717, 1.165) is 47.2 Å². The van der Waals surface area contributed by atoms with Crippen molar-refractivity contribution in [1.29, 1.82) is 0 Å². The molecule has 2 heterocycles. The van der Waals surface area contributed by atoms with E-state index in [4.69, 9.17) is 11.6 Å². The maximum Gasteiger partial charge on any atom is 0.329 e. The number of unbranched alkanes of at least 4 members (excludes halogenated alkanes) is 1. The summed E-state index contributed by atoms with van der Waals surface area (Å²) in [6.45, 7) is 5.14. The Morgan fingerprint density at radius 2 is 1.74 bits per heavy atom. The second kappa shape index (κ2) is 9.31. The number of H-pyrrole nitrogens is 1. The van der Waals surface area contributed by atoms with Gasteiger partial charge in [0, 0.05) is 12.1 Å². The first-order chi connectivity index (χ1) is 15.1. The van der Waals surface area contributed by atoms with Gasteiger partial charge in [0.25, 0.3) is 0 Å². The van der Waals surface area contributed by atoms with E-state index in [1.54, 1.807) is 4.57 Å². The molecule has 2 aromatic carbocycles. The van der Waals surface area contributed by atoms with E-state index < -0.39 is 0 Å². The molecule has 0 saturated carbocycles. The number of benzene rings is 2. The molecule has 0 amide bonds. The molecule has 2 aromatic heterocycles. The summed E-state index contributed by atoms with van der Waals surface area (Å²) in [4.78, 5) is 12.9. The number of imidazole rings is 1. The lowest BCUT2D eigenvalue weighted by Crippen LogP contribution is -2.25. The fourth-order valence-electron chi connectivity index (χ4n) is 3.81. The smallest absolute Gasteiger partial charge is 0.290 e. The summed E-state index contributed by atoms with van der Waals surface area (Å²) < 4.78 is 3.45. The highest BCUT2D eigenvalue weighted by atomic mass is 35.5. The monoisotopic (exact) mass is 436 g/mol. The van der Waals surface area contributed by atoms with E-state index in [-0.39, 0.29) is 5.69 Å². The zero-order valence-corrected chi connectivity index (χ0v) is 18.4. The van der Waals surface area contributed by atoms with E-state index in [1.807, 2.05) is 35.8 Å². The SMILES string of the molecule is CCCCc1c(Cl)n(CC)c(=O)n1Cc1ccc(-c2ccccc2-c2nn[nH]n2)cc1. The number of nitrogens with one attached hydrogen (secondary N) is 1. The first-order valence-electron chi connectivity index (χ1n) is 10.5. The quantitative estimate of drug-likeness (QED) is 0.439. The molecular weight excluding hydrogens is 412 g/mol. The number of aromatic amines is 1. The number of hydrogen-bond donors (Lipinski definition) is 1. The molecule has 1 N–H and O–H groups in total. The van der Waals surface area contributed by atoms with Gasteiger partial charge in [0.1, 0.15) is 5.15 Å². The summed E-state index contributed by atoms with van der Waals surface area (Å²) in [5.41, 5.74) is 4.90. The maximum absolute atomic E-state index is 12.9. The Balaban J connectivity index is 1.65. The van der Waals surface area contributed by atoms with Crippen LogP contribution < -0.4 is 5.69 Å². The Hall–Kier alpha value is -3.19. The lowest BCUT2D eigenvalue weighted by molar-refractivity contribution is 0.647. The maximum atomic E-state index is 12.9. The fourth-order valence-corrected chi connectivity index (χ4v) is 4.20. The minimum absolute atomic E-state index is 0.0508. The van der Waals surface area contributed by atoms with Crippen LogP contribution in [0, 0.1) is 0 Å². The van der Waals surface area contributed by atoms with E-state index >= 15 is 0 Å². The molecule has 4 rings (SSSR count). The molecular formula is C23H25ClN6O. The fraction of sp³-hybridized carbons (Fsp3) is 0.304. The first-order valence-corrected chi connectivity index (χ1v) is 10.9.